The average molecular weight is 268 g/mol. The Labute approximate surface area is 113 Å². The van der Waals surface area contributed by atoms with Crippen LogP contribution in [0.3, 0.4) is 0 Å². The van der Waals surface area contributed by atoms with Crippen LogP contribution < -0.4 is 5.73 Å². The fourth-order valence-corrected chi connectivity index (χ4v) is 1.79. The van der Waals surface area contributed by atoms with Crippen LogP contribution in [0.25, 0.3) is 0 Å². The molecule has 0 aliphatic heterocycles. The van der Waals surface area contributed by atoms with Gasteiger partial charge < -0.3 is 10.5 Å². The minimum Gasteiger partial charge on any atom is -0.469 e. The standard InChI is InChI=1S/C14H21FN2O2/c1-3-17(7-6-14(18)19-2)10-12-5-4-11(9-16)8-13(12)15/h4-5,8H,3,6-7,9-10,16H2,1-2H3. The summed E-state index contributed by atoms with van der Waals surface area (Å²) in [6.45, 7) is 4.08. The molecule has 0 saturated heterocycles. The first kappa shape index (κ1) is 15.6. The number of ether oxygens (including phenoxy) is 1. The van der Waals surface area contributed by atoms with Gasteiger partial charge in [0.15, 0.2) is 0 Å². The quantitative estimate of drug-likeness (QED) is 0.764. The highest BCUT2D eigenvalue weighted by Gasteiger charge is 2.10. The first-order valence-electron chi connectivity index (χ1n) is 6.37. The second-order valence-corrected chi connectivity index (χ2v) is 4.32. The number of carbonyl (C=O) groups excluding carboxylic acids is 1. The van der Waals surface area contributed by atoms with Crippen molar-refractivity contribution < 1.29 is 13.9 Å². The minimum absolute atomic E-state index is 0.250. The molecule has 0 heterocycles. The first-order valence-corrected chi connectivity index (χ1v) is 6.37. The lowest BCUT2D eigenvalue weighted by Crippen LogP contribution is -2.26. The molecule has 0 fully saturated rings. The number of rotatable bonds is 7. The van der Waals surface area contributed by atoms with E-state index in [4.69, 9.17) is 5.73 Å². The molecule has 106 valence electrons. The number of methoxy groups -OCH3 is 1. The van der Waals surface area contributed by atoms with Gasteiger partial charge in [0.2, 0.25) is 0 Å². The van der Waals surface area contributed by atoms with Crippen molar-refractivity contribution in [3.8, 4) is 0 Å². The molecule has 1 rings (SSSR count). The third-order valence-electron chi connectivity index (χ3n) is 3.05. The number of hydrogen-bond donors (Lipinski definition) is 1. The maximum Gasteiger partial charge on any atom is 0.306 e. The topological polar surface area (TPSA) is 55.6 Å². The molecule has 0 aliphatic rings. The summed E-state index contributed by atoms with van der Waals surface area (Å²) in [7, 11) is 1.36. The first-order chi connectivity index (χ1) is 9.10. The minimum atomic E-state index is -0.252. The maximum absolute atomic E-state index is 13.8. The summed E-state index contributed by atoms with van der Waals surface area (Å²) in [5.74, 6) is -0.503. The smallest absolute Gasteiger partial charge is 0.306 e. The van der Waals surface area contributed by atoms with Gasteiger partial charge in [-0.2, -0.15) is 0 Å². The second kappa shape index (κ2) is 7.86. The average Bonchev–Trinajstić information content (AvgIpc) is 2.44. The molecule has 5 heteroatoms. The Morgan fingerprint density at radius 1 is 1.47 bits per heavy atom. The molecule has 0 spiro atoms. The number of nitrogens with zero attached hydrogens (tertiary/aromatic N) is 1. The van der Waals surface area contributed by atoms with Crippen LogP contribution in [0.1, 0.15) is 24.5 Å². The van der Waals surface area contributed by atoms with Crippen LogP contribution in [0.4, 0.5) is 4.39 Å². The number of halogens is 1. The number of nitrogens with two attached hydrogens (primary N) is 1. The maximum atomic E-state index is 13.8. The van der Waals surface area contributed by atoms with Gasteiger partial charge in [-0.25, -0.2) is 4.39 Å². The van der Waals surface area contributed by atoms with Crippen molar-refractivity contribution in [3.05, 3.63) is 35.1 Å². The highest BCUT2D eigenvalue weighted by Crippen LogP contribution is 2.13. The van der Waals surface area contributed by atoms with E-state index in [1.165, 1.54) is 13.2 Å². The molecule has 1 aromatic carbocycles. The highest BCUT2D eigenvalue weighted by molar-refractivity contribution is 5.69. The van der Waals surface area contributed by atoms with Crippen LogP contribution in [0.2, 0.25) is 0 Å². The molecule has 19 heavy (non-hydrogen) atoms. The van der Waals surface area contributed by atoms with Crippen LogP contribution in [-0.4, -0.2) is 31.1 Å². The molecule has 0 amide bonds. The van der Waals surface area contributed by atoms with Crippen molar-refractivity contribution in [1.29, 1.82) is 0 Å². The molecule has 1 aromatic rings. The predicted octanol–water partition coefficient (Wildman–Crippen LogP) is 1.67. The van der Waals surface area contributed by atoms with E-state index in [2.05, 4.69) is 4.74 Å². The van der Waals surface area contributed by atoms with Crippen molar-refractivity contribution in [2.45, 2.75) is 26.4 Å². The number of esters is 1. The van der Waals surface area contributed by atoms with Gasteiger partial charge >= 0.3 is 5.97 Å². The summed E-state index contributed by atoms with van der Waals surface area (Å²) in [5, 5.41) is 0. The van der Waals surface area contributed by atoms with Gasteiger partial charge in [0, 0.05) is 25.2 Å². The van der Waals surface area contributed by atoms with Crippen LogP contribution >= 0.6 is 0 Å². The van der Waals surface area contributed by atoms with Gasteiger partial charge in [-0.05, 0) is 18.2 Å². The van der Waals surface area contributed by atoms with Gasteiger partial charge in [0.1, 0.15) is 5.82 Å². The Morgan fingerprint density at radius 3 is 2.74 bits per heavy atom. The van der Waals surface area contributed by atoms with Gasteiger partial charge in [0.25, 0.3) is 0 Å². The van der Waals surface area contributed by atoms with Crippen LogP contribution in [0.5, 0.6) is 0 Å². The van der Waals surface area contributed by atoms with Gasteiger partial charge in [-0.15, -0.1) is 0 Å². The molecule has 0 saturated carbocycles. The van der Waals surface area contributed by atoms with E-state index in [1.807, 2.05) is 17.9 Å². The lowest BCUT2D eigenvalue weighted by atomic mass is 10.1. The fraction of sp³-hybridized carbons (Fsp3) is 0.500. The van der Waals surface area contributed by atoms with E-state index in [0.717, 1.165) is 12.1 Å². The van der Waals surface area contributed by atoms with Crippen LogP contribution in [0, 0.1) is 5.82 Å². The monoisotopic (exact) mass is 268 g/mol. The van der Waals surface area contributed by atoms with E-state index in [1.54, 1.807) is 6.07 Å². The molecule has 2 N–H and O–H groups in total. The van der Waals surface area contributed by atoms with Crippen molar-refractivity contribution in [2.24, 2.45) is 5.73 Å². The molecule has 0 aliphatic carbocycles. The summed E-state index contributed by atoms with van der Waals surface area (Å²) in [6.07, 6.45) is 0.312. The zero-order valence-electron chi connectivity index (χ0n) is 11.5. The van der Waals surface area contributed by atoms with Crippen LogP contribution in [0.15, 0.2) is 18.2 Å². The van der Waals surface area contributed by atoms with Crippen molar-refractivity contribution >= 4 is 5.97 Å². The SMILES string of the molecule is CCN(CCC(=O)OC)Cc1ccc(CN)cc1F. The fourth-order valence-electron chi connectivity index (χ4n) is 1.79. The molecule has 0 unspecified atom stereocenters. The molecule has 0 radical (unpaired) electrons. The Morgan fingerprint density at radius 2 is 2.21 bits per heavy atom. The molecular formula is C14H21FN2O2. The zero-order valence-corrected chi connectivity index (χ0v) is 11.5. The Bertz CT molecular complexity index is 424. The van der Waals surface area contributed by atoms with E-state index in [-0.39, 0.29) is 11.8 Å². The van der Waals surface area contributed by atoms with Gasteiger partial charge in [0.05, 0.1) is 13.5 Å². The summed E-state index contributed by atoms with van der Waals surface area (Å²) >= 11 is 0. The summed E-state index contributed by atoms with van der Waals surface area (Å²) in [6, 6.07) is 5.04. The third kappa shape index (κ3) is 4.96. The van der Waals surface area contributed by atoms with E-state index < -0.39 is 0 Å². The third-order valence-corrected chi connectivity index (χ3v) is 3.05. The lowest BCUT2D eigenvalue weighted by molar-refractivity contribution is -0.141. The van der Waals surface area contributed by atoms with E-state index in [9.17, 15) is 9.18 Å². The largest absolute Gasteiger partial charge is 0.469 e. The number of benzene rings is 1. The molecule has 0 bridgehead atoms. The summed E-state index contributed by atoms with van der Waals surface area (Å²) < 4.78 is 18.4. The lowest BCUT2D eigenvalue weighted by Gasteiger charge is -2.20. The molecular weight excluding hydrogens is 247 g/mol. The second-order valence-electron chi connectivity index (χ2n) is 4.32. The van der Waals surface area contributed by atoms with Crippen LogP contribution in [-0.2, 0) is 22.6 Å². The van der Waals surface area contributed by atoms with Crippen molar-refractivity contribution in [1.82, 2.24) is 4.90 Å². The summed E-state index contributed by atoms with van der Waals surface area (Å²) in [5.41, 5.74) is 6.86. The Kier molecular flexibility index (Phi) is 6.45. The predicted molar refractivity (Wildman–Crippen MR) is 71.9 cm³/mol. The van der Waals surface area contributed by atoms with E-state index in [0.29, 0.717) is 31.6 Å². The normalized spacial score (nSPS) is 10.8. The highest BCUT2D eigenvalue weighted by atomic mass is 19.1. The number of hydrogen-bond acceptors (Lipinski definition) is 4. The Balaban J connectivity index is 2.62. The van der Waals surface area contributed by atoms with Gasteiger partial charge in [-0.3, -0.25) is 9.69 Å². The summed E-state index contributed by atoms with van der Waals surface area (Å²) in [4.78, 5) is 13.1. The zero-order chi connectivity index (χ0) is 14.3. The Hall–Kier alpha value is -1.46. The van der Waals surface area contributed by atoms with Crippen molar-refractivity contribution in [2.75, 3.05) is 20.2 Å². The molecule has 0 atom stereocenters. The van der Waals surface area contributed by atoms with Gasteiger partial charge in [-0.1, -0.05) is 19.1 Å². The molecule has 4 nitrogen and oxygen atoms in total. The van der Waals surface area contributed by atoms with Crippen molar-refractivity contribution in [3.63, 3.8) is 0 Å². The number of carbonyl (C=O) groups is 1. The van der Waals surface area contributed by atoms with E-state index >= 15 is 0 Å². The molecule has 0 aromatic heterocycles.